The van der Waals surface area contributed by atoms with Gasteiger partial charge in [-0.05, 0) is 38.1 Å². The van der Waals surface area contributed by atoms with Crippen molar-refractivity contribution in [2.24, 2.45) is 5.73 Å². The number of primary amides is 1. The second-order valence-electron chi connectivity index (χ2n) is 5.27. The number of piperazine rings is 1. The van der Waals surface area contributed by atoms with E-state index in [2.05, 4.69) is 5.32 Å². The first-order valence-electron chi connectivity index (χ1n) is 6.29. The molecule has 1 aliphatic rings. The number of hydrogen-bond acceptors (Lipinski definition) is 4. The summed E-state index contributed by atoms with van der Waals surface area (Å²) in [4.78, 5) is 48.0. The maximum absolute atomic E-state index is 12.5. The van der Waals surface area contributed by atoms with Gasteiger partial charge in [-0.1, -0.05) is 0 Å². The summed E-state index contributed by atoms with van der Waals surface area (Å²) < 4.78 is 0. The zero-order chi connectivity index (χ0) is 15.8. The highest BCUT2D eigenvalue weighted by Gasteiger charge is 2.43. The zero-order valence-corrected chi connectivity index (χ0v) is 11.7. The molecule has 0 aromatic heterocycles. The van der Waals surface area contributed by atoms with Crippen molar-refractivity contribution in [2.45, 2.75) is 19.4 Å². The Morgan fingerprint density at radius 1 is 1.14 bits per heavy atom. The van der Waals surface area contributed by atoms with Crippen LogP contribution in [0.3, 0.4) is 0 Å². The van der Waals surface area contributed by atoms with Gasteiger partial charge in [-0.3, -0.25) is 24.5 Å². The van der Waals surface area contributed by atoms with Crippen LogP contribution in [0.4, 0.5) is 0 Å². The lowest BCUT2D eigenvalue weighted by molar-refractivity contribution is -0.143. The predicted molar refractivity (Wildman–Crippen MR) is 73.2 cm³/mol. The molecule has 7 heteroatoms. The standard InChI is InChI=1S/C14H15N3O4/c1-14(2)13(21)16-10(18)7-17(14)12(20)9-5-3-8(4-6-9)11(15)19/h3-6H,7H2,1-2H3,(H2,15,19)(H,16,18,21). The fourth-order valence-electron chi connectivity index (χ4n) is 2.04. The minimum atomic E-state index is -1.13. The summed E-state index contributed by atoms with van der Waals surface area (Å²) in [5, 5.41) is 2.20. The molecule has 0 aliphatic carbocycles. The highest BCUT2D eigenvalue weighted by Crippen LogP contribution is 2.21. The largest absolute Gasteiger partial charge is 0.366 e. The molecule has 1 saturated heterocycles. The molecular formula is C14H15N3O4. The summed E-state index contributed by atoms with van der Waals surface area (Å²) in [7, 11) is 0. The molecule has 0 radical (unpaired) electrons. The molecular weight excluding hydrogens is 274 g/mol. The number of carbonyl (C=O) groups is 4. The smallest absolute Gasteiger partial charge is 0.255 e. The lowest BCUT2D eigenvalue weighted by Crippen LogP contribution is -2.65. The lowest BCUT2D eigenvalue weighted by atomic mass is 9.97. The minimum Gasteiger partial charge on any atom is -0.366 e. The number of carbonyl (C=O) groups excluding carboxylic acids is 4. The van der Waals surface area contributed by atoms with Gasteiger partial charge in [-0.2, -0.15) is 0 Å². The second kappa shape index (κ2) is 5.01. The molecule has 0 spiro atoms. The van der Waals surface area contributed by atoms with E-state index in [1.165, 1.54) is 29.2 Å². The fourth-order valence-corrected chi connectivity index (χ4v) is 2.04. The Bertz CT molecular complexity index is 634. The van der Waals surface area contributed by atoms with Crippen LogP contribution < -0.4 is 11.1 Å². The number of nitrogens with two attached hydrogens (primary N) is 1. The monoisotopic (exact) mass is 289 g/mol. The number of nitrogens with one attached hydrogen (secondary N) is 1. The van der Waals surface area contributed by atoms with Gasteiger partial charge in [-0.25, -0.2) is 0 Å². The van der Waals surface area contributed by atoms with Crippen LogP contribution in [0.1, 0.15) is 34.6 Å². The van der Waals surface area contributed by atoms with E-state index in [4.69, 9.17) is 5.73 Å². The quantitative estimate of drug-likeness (QED) is 0.726. The van der Waals surface area contributed by atoms with Gasteiger partial charge in [-0.15, -0.1) is 0 Å². The number of rotatable bonds is 2. The summed E-state index contributed by atoms with van der Waals surface area (Å²) in [5.41, 5.74) is 4.55. The average Bonchev–Trinajstić information content (AvgIpc) is 2.42. The Morgan fingerprint density at radius 3 is 2.19 bits per heavy atom. The molecule has 0 unspecified atom stereocenters. The van der Waals surface area contributed by atoms with Crippen LogP contribution in [-0.4, -0.2) is 40.6 Å². The zero-order valence-electron chi connectivity index (χ0n) is 11.7. The number of hydrogen-bond donors (Lipinski definition) is 2. The first kappa shape index (κ1) is 14.7. The maximum atomic E-state index is 12.5. The number of imide groups is 1. The highest BCUT2D eigenvalue weighted by molar-refractivity contribution is 6.09. The predicted octanol–water partition coefficient (Wildman–Crippen LogP) is -0.337. The molecule has 3 N–H and O–H groups in total. The molecule has 110 valence electrons. The molecule has 2 rings (SSSR count). The third kappa shape index (κ3) is 2.62. The van der Waals surface area contributed by atoms with Crippen molar-refractivity contribution >= 4 is 23.6 Å². The molecule has 1 aliphatic heterocycles. The Kier molecular flexibility index (Phi) is 3.51. The first-order chi connectivity index (χ1) is 9.73. The Morgan fingerprint density at radius 2 is 1.67 bits per heavy atom. The highest BCUT2D eigenvalue weighted by atomic mass is 16.2. The molecule has 1 fully saturated rings. The van der Waals surface area contributed by atoms with Gasteiger partial charge in [0.2, 0.25) is 11.8 Å². The van der Waals surface area contributed by atoms with Crippen LogP contribution >= 0.6 is 0 Å². The second-order valence-corrected chi connectivity index (χ2v) is 5.27. The van der Waals surface area contributed by atoms with Crippen molar-refractivity contribution in [3.05, 3.63) is 35.4 Å². The van der Waals surface area contributed by atoms with Gasteiger partial charge in [0.15, 0.2) is 0 Å². The molecule has 1 aromatic rings. The Hall–Kier alpha value is -2.70. The van der Waals surface area contributed by atoms with Crippen molar-refractivity contribution in [1.82, 2.24) is 10.2 Å². The van der Waals surface area contributed by atoms with Crippen molar-refractivity contribution in [3.8, 4) is 0 Å². The maximum Gasteiger partial charge on any atom is 0.255 e. The third-order valence-corrected chi connectivity index (χ3v) is 3.45. The van der Waals surface area contributed by atoms with E-state index >= 15 is 0 Å². The van der Waals surface area contributed by atoms with Crippen molar-refractivity contribution in [3.63, 3.8) is 0 Å². The molecule has 0 atom stereocenters. The number of amides is 4. The Labute approximate surface area is 121 Å². The van der Waals surface area contributed by atoms with Crippen LogP contribution in [0.2, 0.25) is 0 Å². The van der Waals surface area contributed by atoms with Gasteiger partial charge in [0.05, 0.1) is 0 Å². The molecule has 1 aromatic carbocycles. The van der Waals surface area contributed by atoms with Crippen LogP contribution in [0.25, 0.3) is 0 Å². The van der Waals surface area contributed by atoms with Crippen LogP contribution in [0, 0.1) is 0 Å². The van der Waals surface area contributed by atoms with E-state index in [9.17, 15) is 19.2 Å². The molecule has 0 bridgehead atoms. The van der Waals surface area contributed by atoms with E-state index in [1.54, 1.807) is 13.8 Å². The van der Waals surface area contributed by atoms with E-state index in [0.29, 0.717) is 0 Å². The molecule has 4 amide bonds. The summed E-state index contributed by atoms with van der Waals surface area (Å²) in [6, 6.07) is 5.73. The normalized spacial score (nSPS) is 17.3. The third-order valence-electron chi connectivity index (χ3n) is 3.45. The van der Waals surface area contributed by atoms with Gasteiger partial charge in [0.25, 0.3) is 11.8 Å². The van der Waals surface area contributed by atoms with Crippen molar-refractivity contribution < 1.29 is 19.2 Å². The minimum absolute atomic E-state index is 0.199. The molecule has 1 heterocycles. The summed E-state index contributed by atoms with van der Waals surface area (Å²) >= 11 is 0. The number of benzene rings is 1. The van der Waals surface area contributed by atoms with Crippen molar-refractivity contribution in [1.29, 1.82) is 0 Å². The van der Waals surface area contributed by atoms with E-state index in [-0.39, 0.29) is 17.7 Å². The van der Waals surface area contributed by atoms with Gasteiger partial charge in [0.1, 0.15) is 12.1 Å². The average molecular weight is 289 g/mol. The molecule has 0 saturated carbocycles. The fraction of sp³-hybridized carbons (Fsp3) is 0.286. The van der Waals surface area contributed by atoms with Gasteiger partial charge < -0.3 is 10.6 Å². The summed E-state index contributed by atoms with van der Waals surface area (Å²) in [6.45, 7) is 2.92. The lowest BCUT2D eigenvalue weighted by Gasteiger charge is -2.40. The van der Waals surface area contributed by atoms with Crippen molar-refractivity contribution in [2.75, 3.05) is 6.54 Å². The van der Waals surface area contributed by atoms with Crippen LogP contribution in [0.15, 0.2) is 24.3 Å². The number of nitrogens with zero attached hydrogens (tertiary/aromatic N) is 1. The summed E-state index contributed by atoms with van der Waals surface area (Å²) in [5.74, 6) is -2.11. The molecule has 21 heavy (non-hydrogen) atoms. The van der Waals surface area contributed by atoms with Crippen LogP contribution in [0.5, 0.6) is 0 Å². The van der Waals surface area contributed by atoms with E-state index < -0.39 is 29.2 Å². The summed E-state index contributed by atoms with van der Waals surface area (Å²) in [6.07, 6.45) is 0. The van der Waals surface area contributed by atoms with Crippen LogP contribution in [-0.2, 0) is 9.59 Å². The molecule has 7 nitrogen and oxygen atoms in total. The first-order valence-corrected chi connectivity index (χ1v) is 6.29. The van der Waals surface area contributed by atoms with E-state index in [0.717, 1.165) is 0 Å². The van der Waals surface area contributed by atoms with E-state index in [1.807, 2.05) is 0 Å². The SMILES string of the molecule is CC1(C)C(=O)NC(=O)CN1C(=O)c1ccc(C(N)=O)cc1. The van der Waals surface area contributed by atoms with Gasteiger partial charge >= 0.3 is 0 Å². The Balaban J connectivity index is 2.31. The topological polar surface area (TPSA) is 110 Å². The van der Waals surface area contributed by atoms with Gasteiger partial charge in [0, 0.05) is 11.1 Å².